The van der Waals surface area contributed by atoms with E-state index < -0.39 is 10.0 Å². The van der Waals surface area contributed by atoms with Gasteiger partial charge in [-0.15, -0.1) is 0 Å². The molecule has 0 atom stereocenters. The van der Waals surface area contributed by atoms with Crippen molar-refractivity contribution in [2.45, 2.75) is 18.7 Å². The highest BCUT2D eigenvalue weighted by Gasteiger charge is 2.30. The first-order chi connectivity index (χ1) is 12.4. The van der Waals surface area contributed by atoms with Gasteiger partial charge in [0.05, 0.1) is 10.6 Å². The van der Waals surface area contributed by atoms with Crippen LogP contribution in [0, 0.1) is 6.92 Å². The zero-order valence-corrected chi connectivity index (χ0v) is 15.4. The van der Waals surface area contributed by atoms with Crippen LogP contribution in [0.2, 0.25) is 0 Å². The summed E-state index contributed by atoms with van der Waals surface area (Å²) in [4.78, 5) is 16.6. The first-order valence-electron chi connectivity index (χ1n) is 8.21. The van der Waals surface area contributed by atoms with Gasteiger partial charge >= 0.3 is 0 Å². The quantitative estimate of drug-likeness (QED) is 0.780. The maximum absolute atomic E-state index is 12.2. The molecule has 0 fully saturated rings. The van der Waals surface area contributed by atoms with Crippen molar-refractivity contribution in [2.75, 3.05) is 18.1 Å². The van der Waals surface area contributed by atoms with Crippen molar-refractivity contribution in [3.8, 4) is 0 Å². The van der Waals surface area contributed by atoms with Crippen molar-refractivity contribution < 1.29 is 13.2 Å². The van der Waals surface area contributed by atoms with E-state index in [4.69, 9.17) is 0 Å². The van der Waals surface area contributed by atoms with Gasteiger partial charge in [0.25, 0.3) is 15.9 Å². The molecule has 1 heterocycles. The van der Waals surface area contributed by atoms with E-state index in [1.165, 1.54) is 6.07 Å². The third kappa shape index (κ3) is 3.70. The Hall–Kier alpha value is -2.87. The number of sulfonamides is 1. The first-order valence-corrected chi connectivity index (χ1v) is 9.69. The van der Waals surface area contributed by atoms with E-state index in [1.54, 1.807) is 23.2 Å². The number of amidine groups is 1. The number of hydrazine groups is 1. The second kappa shape index (κ2) is 7.17. The number of nitrogens with one attached hydrogen (secondary N) is 2. The van der Waals surface area contributed by atoms with Gasteiger partial charge in [0.1, 0.15) is 12.4 Å². The van der Waals surface area contributed by atoms with E-state index in [-0.39, 0.29) is 23.2 Å². The van der Waals surface area contributed by atoms with Crippen molar-refractivity contribution in [1.82, 2.24) is 10.1 Å². The first kappa shape index (κ1) is 17.9. The van der Waals surface area contributed by atoms with Crippen LogP contribution in [0.25, 0.3) is 0 Å². The van der Waals surface area contributed by atoms with Gasteiger partial charge in [0.15, 0.2) is 0 Å². The van der Waals surface area contributed by atoms with Crippen LogP contribution < -0.4 is 15.2 Å². The van der Waals surface area contributed by atoms with Gasteiger partial charge in [-0.2, -0.15) is 0 Å². The molecule has 0 unspecified atom stereocenters. The number of carbonyl (C=O) groups excluding carboxylic acids is 1. The number of aryl methyl sites for hydroxylation is 1. The Bertz CT molecular complexity index is 953. The third-order valence-electron chi connectivity index (χ3n) is 3.97. The molecule has 2 aromatic rings. The summed E-state index contributed by atoms with van der Waals surface area (Å²) in [5, 5.41) is 1.72. The number of carbonyl (C=O) groups is 1. The monoisotopic (exact) mass is 372 g/mol. The molecule has 1 aliphatic rings. The number of fused-ring (bicyclic) bond motifs is 1. The van der Waals surface area contributed by atoms with Gasteiger partial charge in [0, 0.05) is 12.1 Å². The van der Waals surface area contributed by atoms with Gasteiger partial charge in [-0.25, -0.2) is 8.42 Å². The minimum atomic E-state index is -3.60. The molecule has 0 aromatic heterocycles. The molecule has 1 amide bonds. The Kier molecular flexibility index (Phi) is 4.94. The zero-order chi connectivity index (χ0) is 18.7. The van der Waals surface area contributed by atoms with Crippen molar-refractivity contribution in [2.24, 2.45) is 4.99 Å². The van der Waals surface area contributed by atoms with Crippen LogP contribution in [-0.4, -0.2) is 33.3 Å². The standard InChI is InChI=1S/C18H20N4O3S/c1-3-22(14-10-8-13(2)9-11-14)20-17(23)12-19-18-15-6-4-5-7-16(15)26(24,25)21-18/h4-11H,3,12H2,1-2H3,(H,19,21)(H,20,23). The maximum atomic E-state index is 12.2. The van der Waals surface area contributed by atoms with Gasteiger partial charge in [-0.3, -0.25) is 24.9 Å². The second-order valence-corrected chi connectivity index (χ2v) is 7.53. The molecule has 136 valence electrons. The van der Waals surface area contributed by atoms with Gasteiger partial charge in [0.2, 0.25) is 0 Å². The fourth-order valence-corrected chi connectivity index (χ4v) is 3.89. The smallest absolute Gasteiger partial charge is 0.263 e. The molecule has 0 saturated heterocycles. The highest BCUT2D eigenvalue weighted by atomic mass is 32.2. The molecule has 0 aliphatic carbocycles. The molecule has 1 aliphatic heterocycles. The van der Waals surface area contributed by atoms with Crippen LogP contribution in [0.5, 0.6) is 0 Å². The normalized spacial score (nSPS) is 16.0. The SMILES string of the molecule is CCN(NC(=O)CN=C1NS(=O)(=O)c2ccccc21)c1ccc(C)cc1. The average molecular weight is 372 g/mol. The fraction of sp³-hybridized carbons (Fsp3) is 0.222. The Morgan fingerprint density at radius 1 is 1.15 bits per heavy atom. The minimum Gasteiger partial charge on any atom is -0.286 e. The number of hydrogen-bond acceptors (Lipinski definition) is 5. The Labute approximate surface area is 152 Å². The van der Waals surface area contributed by atoms with E-state index in [0.29, 0.717) is 12.1 Å². The Morgan fingerprint density at radius 2 is 1.85 bits per heavy atom. The van der Waals surface area contributed by atoms with E-state index in [2.05, 4.69) is 15.1 Å². The largest absolute Gasteiger partial charge is 0.286 e. The van der Waals surface area contributed by atoms with E-state index >= 15 is 0 Å². The number of amides is 1. The number of benzene rings is 2. The predicted molar refractivity (Wildman–Crippen MR) is 101 cm³/mol. The summed E-state index contributed by atoms with van der Waals surface area (Å²) < 4.78 is 26.5. The molecule has 7 nitrogen and oxygen atoms in total. The lowest BCUT2D eigenvalue weighted by molar-refractivity contribution is -0.119. The molecule has 0 saturated carbocycles. The van der Waals surface area contributed by atoms with Crippen molar-refractivity contribution >= 4 is 27.5 Å². The summed E-state index contributed by atoms with van der Waals surface area (Å²) in [5.41, 5.74) is 5.26. The molecular formula is C18H20N4O3S. The number of anilines is 1. The molecule has 2 aromatic carbocycles. The highest BCUT2D eigenvalue weighted by Crippen LogP contribution is 2.22. The third-order valence-corrected chi connectivity index (χ3v) is 5.36. The molecule has 3 rings (SSSR count). The maximum Gasteiger partial charge on any atom is 0.263 e. The molecule has 0 radical (unpaired) electrons. The van der Waals surface area contributed by atoms with E-state index in [1.807, 2.05) is 38.1 Å². The summed E-state index contributed by atoms with van der Waals surface area (Å²) >= 11 is 0. The van der Waals surface area contributed by atoms with Crippen molar-refractivity contribution in [1.29, 1.82) is 0 Å². The zero-order valence-electron chi connectivity index (χ0n) is 14.6. The summed E-state index contributed by atoms with van der Waals surface area (Å²) in [5.74, 6) is -0.141. The van der Waals surface area contributed by atoms with Crippen LogP contribution in [-0.2, 0) is 14.8 Å². The summed E-state index contributed by atoms with van der Waals surface area (Å²) in [6, 6.07) is 14.3. The highest BCUT2D eigenvalue weighted by molar-refractivity contribution is 7.90. The molecule has 0 spiro atoms. The minimum absolute atomic E-state index is 0.175. The topological polar surface area (TPSA) is 90.9 Å². The van der Waals surface area contributed by atoms with E-state index in [0.717, 1.165) is 11.3 Å². The molecular weight excluding hydrogens is 352 g/mol. The van der Waals surface area contributed by atoms with Gasteiger partial charge in [-0.05, 0) is 38.1 Å². The van der Waals surface area contributed by atoms with Crippen molar-refractivity contribution in [3.63, 3.8) is 0 Å². The number of rotatable bonds is 5. The van der Waals surface area contributed by atoms with Crippen LogP contribution in [0.1, 0.15) is 18.1 Å². The second-order valence-electron chi connectivity index (χ2n) is 5.88. The predicted octanol–water partition coefficient (Wildman–Crippen LogP) is 1.59. The average Bonchev–Trinajstić information content (AvgIpc) is 2.90. The molecule has 2 N–H and O–H groups in total. The van der Waals surface area contributed by atoms with Gasteiger partial charge < -0.3 is 0 Å². The molecule has 0 bridgehead atoms. The van der Waals surface area contributed by atoms with Crippen LogP contribution in [0.3, 0.4) is 0 Å². The van der Waals surface area contributed by atoms with E-state index in [9.17, 15) is 13.2 Å². The lowest BCUT2D eigenvalue weighted by Gasteiger charge is -2.23. The fourth-order valence-electron chi connectivity index (χ4n) is 2.64. The van der Waals surface area contributed by atoms with Crippen LogP contribution in [0.4, 0.5) is 5.69 Å². The lowest BCUT2D eigenvalue weighted by atomic mass is 10.2. The van der Waals surface area contributed by atoms with Gasteiger partial charge in [-0.1, -0.05) is 29.8 Å². The van der Waals surface area contributed by atoms with Crippen LogP contribution >= 0.6 is 0 Å². The summed E-state index contributed by atoms with van der Waals surface area (Å²) in [7, 11) is -3.60. The van der Waals surface area contributed by atoms with Crippen molar-refractivity contribution in [3.05, 3.63) is 59.7 Å². The Morgan fingerprint density at radius 3 is 2.54 bits per heavy atom. The number of hydrogen-bond donors (Lipinski definition) is 2. The number of aliphatic imine (C=N–C) groups is 1. The number of nitrogens with zero attached hydrogens (tertiary/aromatic N) is 2. The molecule has 26 heavy (non-hydrogen) atoms. The lowest BCUT2D eigenvalue weighted by Crippen LogP contribution is -2.43. The van der Waals surface area contributed by atoms with Crippen LogP contribution in [0.15, 0.2) is 58.4 Å². The summed E-state index contributed by atoms with van der Waals surface area (Å²) in [6.45, 7) is 4.32. The summed E-state index contributed by atoms with van der Waals surface area (Å²) in [6.07, 6.45) is 0. The Balaban J connectivity index is 1.71. The molecule has 8 heteroatoms.